The molecule has 0 atom stereocenters. The maximum Gasteiger partial charge on any atom is 0.0738 e. The van der Waals surface area contributed by atoms with Crippen molar-refractivity contribution in [3.05, 3.63) is 11.9 Å². The summed E-state index contributed by atoms with van der Waals surface area (Å²) in [6, 6.07) is 0. The van der Waals surface area contributed by atoms with Crippen molar-refractivity contribution in [3.63, 3.8) is 0 Å². The average Bonchev–Trinajstić information content (AvgIpc) is 2.33. The highest BCUT2D eigenvalue weighted by molar-refractivity contribution is 14.1. The van der Waals surface area contributed by atoms with Gasteiger partial charge >= 0.3 is 0 Å². The lowest BCUT2D eigenvalue weighted by molar-refractivity contribution is 0.376. The lowest BCUT2D eigenvalue weighted by Gasteiger charge is -2.19. The summed E-state index contributed by atoms with van der Waals surface area (Å²) in [6.07, 6.45) is 1.82. The summed E-state index contributed by atoms with van der Waals surface area (Å²) >= 11 is 2.32. The first-order valence-corrected chi connectivity index (χ1v) is 4.11. The van der Waals surface area contributed by atoms with E-state index >= 15 is 0 Å². The van der Waals surface area contributed by atoms with E-state index in [0.29, 0.717) is 0 Å². The van der Waals surface area contributed by atoms with Crippen LogP contribution in [0.2, 0.25) is 0 Å². The quantitative estimate of drug-likeness (QED) is 0.495. The number of hydrogen-bond donors (Lipinski definition) is 0. The van der Waals surface area contributed by atoms with E-state index in [1.807, 2.05) is 10.9 Å². The van der Waals surface area contributed by atoms with Gasteiger partial charge in [0.05, 0.1) is 25.0 Å². The highest BCUT2D eigenvalue weighted by Gasteiger charge is 2.13. The van der Waals surface area contributed by atoms with Crippen LogP contribution in [0.25, 0.3) is 0 Å². The van der Waals surface area contributed by atoms with Crippen molar-refractivity contribution in [2.45, 2.75) is 13.1 Å². The van der Waals surface area contributed by atoms with Crippen LogP contribution in [0, 0.1) is 0 Å². The minimum atomic E-state index is 0.966. The second-order valence-corrected chi connectivity index (χ2v) is 3.66. The van der Waals surface area contributed by atoms with Gasteiger partial charge in [-0.15, -0.1) is 5.10 Å². The Balaban J connectivity index is 2.30. The van der Waals surface area contributed by atoms with Crippen LogP contribution in [0.15, 0.2) is 6.20 Å². The minimum Gasteiger partial charge on any atom is -0.247 e. The summed E-state index contributed by atoms with van der Waals surface area (Å²) in [5, 5.41) is 7.75. The summed E-state index contributed by atoms with van der Waals surface area (Å²) in [7, 11) is 0. The normalized spacial score (nSPS) is 18.9. The Labute approximate surface area is 72.7 Å². The molecule has 0 spiro atoms. The van der Waals surface area contributed by atoms with E-state index in [0.717, 1.165) is 19.6 Å². The number of rotatable bonds is 0. The van der Waals surface area contributed by atoms with Crippen molar-refractivity contribution in [2.24, 2.45) is 0 Å². The highest BCUT2D eigenvalue weighted by atomic mass is 127. The molecular formula is C5H7IN4. The minimum absolute atomic E-state index is 0.966. The molecule has 4 nitrogen and oxygen atoms in total. The lowest BCUT2D eigenvalue weighted by atomic mass is 10.4. The Morgan fingerprint density at radius 1 is 1.50 bits per heavy atom. The number of hydrogen-bond acceptors (Lipinski definition) is 3. The topological polar surface area (TPSA) is 34.0 Å². The maximum absolute atomic E-state index is 3.93. The standard InChI is InChI=1S/C5H7IN4/c6-9-1-2-10-5(4-9)3-7-8-10/h3H,1-2,4H2. The number of halogens is 1. The molecule has 1 aliphatic rings. The molecule has 2 heterocycles. The van der Waals surface area contributed by atoms with Crippen molar-refractivity contribution in [1.29, 1.82) is 0 Å². The third kappa shape index (κ3) is 1.03. The van der Waals surface area contributed by atoms with Crippen LogP contribution in [0.1, 0.15) is 5.69 Å². The Morgan fingerprint density at radius 3 is 3.30 bits per heavy atom. The summed E-state index contributed by atoms with van der Waals surface area (Å²) in [5.41, 5.74) is 1.21. The van der Waals surface area contributed by atoms with Crippen molar-refractivity contribution in [3.8, 4) is 0 Å². The second-order valence-electron chi connectivity index (χ2n) is 2.29. The Bertz CT molecular complexity index is 233. The molecule has 1 aromatic rings. The summed E-state index contributed by atoms with van der Waals surface area (Å²) in [5.74, 6) is 0. The monoisotopic (exact) mass is 250 g/mol. The van der Waals surface area contributed by atoms with Crippen molar-refractivity contribution < 1.29 is 0 Å². The zero-order valence-electron chi connectivity index (χ0n) is 5.37. The van der Waals surface area contributed by atoms with Gasteiger partial charge in [-0.25, -0.2) is 7.80 Å². The first kappa shape index (κ1) is 6.53. The van der Waals surface area contributed by atoms with Crippen LogP contribution < -0.4 is 0 Å². The second kappa shape index (κ2) is 2.46. The number of aromatic nitrogens is 3. The van der Waals surface area contributed by atoms with Crippen LogP contribution >= 0.6 is 22.9 Å². The molecule has 0 unspecified atom stereocenters. The maximum atomic E-state index is 3.93. The Morgan fingerprint density at radius 2 is 2.40 bits per heavy atom. The molecule has 0 radical (unpaired) electrons. The lowest BCUT2D eigenvalue weighted by Crippen LogP contribution is -2.26. The molecule has 10 heavy (non-hydrogen) atoms. The van der Waals surface area contributed by atoms with E-state index in [-0.39, 0.29) is 0 Å². The van der Waals surface area contributed by atoms with Crippen LogP contribution in [0.4, 0.5) is 0 Å². The van der Waals surface area contributed by atoms with Crippen molar-refractivity contribution in [2.75, 3.05) is 6.54 Å². The molecule has 0 N–H and O–H groups in total. The fourth-order valence-corrected chi connectivity index (χ4v) is 1.61. The van der Waals surface area contributed by atoms with E-state index in [1.54, 1.807) is 0 Å². The zero-order chi connectivity index (χ0) is 6.97. The summed E-state index contributed by atoms with van der Waals surface area (Å²) in [6.45, 7) is 3.00. The van der Waals surface area contributed by atoms with Crippen LogP contribution in [-0.4, -0.2) is 24.7 Å². The van der Waals surface area contributed by atoms with Gasteiger partial charge < -0.3 is 0 Å². The fourth-order valence-electron chi connectivity index (χ4n) is 1.05. The molecular weight excluding hydrogens is 243 g/mol. The largest absolute Gasteiger partial charge is 0.247 e. The van der Waals surface area contributed by atoms with Gasteiger partial charge in [0.25, 0.3) is 0 Å². The first-order chi connectivity index (χ1) is 4.86. The molecule has 54 valence electrons. The fraction of sp³-hybridized carbons (Fsp3) is 0.600. The van der Waals surface area contributed by atoms with Crippen LogP contribution in [-0.2, 0) is 13.1 Å². The van der Waals surface area contributed by atoms with E-state index in [2.05, 4.69) is 36.3 Å². The van der Waals surface area contributed by atoms with Crippen molar-refractivity contribution in [1.82, 2.24) is 18.1 Å². The van der Waals surface area contributed by atoms with E-state index < -0.39 is 0 Å². The van der Waals surface area contributed by atoms with Crippen LogP contribution in [0.3, 0.4) is 0 Å². The van der Waals surface area contributed by atoms with Gasteiger partial charge in [-0.05, 0) is 0 Å². The Kier molecular flexibility index (Phi) is 1.61. The van der Waals surface area contributed by atoms with E-state index in [4.69, 9.17) is 0 Å². The van der Waals surface area contributed by atoms with Gasteiger partial charge in [-0.3, -0.25) is 0 Å². The molecule has 0 aromatic carbocycles. The number of nitrogens with zero attached hydrogens (tertiary/aromatic N) is 4. The predicted molar refractivity (Wildman–Crippen MR) is 44.5 cm³/mol. The molecule has 2 rings (SSSR count). The molecule has 1 aromatic heterocycles. The van der Waals surface area contributed by atoms with Gasteiger partial charge in [0, 0.05) is 29.4 Å². The average molecular weight is 250 g/mol. The third-order valence-electron chi connectivity index (χ3n) is 1.59. The molecule has 5 heteroatoms. The van der Waals surface area contributed by atoms with Gasteiger partial charge in [-0.2, -0.15) is 0 Å². The van der Waals surface area contributed by atoms with E-state index in [1.165, 1.54) is 5.69 Å². The molecule has 0 saturated heterocycles. The van der Waals surface area contributed by atoms with Gasteiger partial charge in [0.2, 0.25) is 0 Å². The van der Waals surface area contributed by atoms with Gasteiger partial charge in [-0.1, -0.05) is 5.21 Å². The van der Waals surface area contributed by atoms with Crippen molar-refractivity contribution >= 4 is 22.9 Å². The summed E-state index contributed by atoms with van der Waals surface area (Å²) in [4.78, 5) is 0. The van der Waals surface area contributed by atoms with E-state index in [9.17, 15) is 0 Å². The SMILES string of the molecule is IN1CCn2nncc2C1. The first-order valence-electron chi connectivity index (χ1n) is 3.14. The number of fused-ring (bicyclic) bond motifs is 1. The molecule has 0 saturated carbocycles. The summed E-state index contributed by atoms with van der Waals surface area (Å²) < 4.78 is 4.19. The Hall–Kier alpha value is -0.170. The van der Waals surface area contributed by atoms with Gasteiger partial charge in [0.15, 0.2) is 0 Å². The predicted octanol–water partition coefficient (Wildman–Crippen LogP) is 0.444. The smallest absolute Gasteiger partial charge is 0.0738 e. The molecule has 0 aliphatic carbocycles. The highest BCUT2D eigenvalue weighted by Crippen LogP contribution is 2.12. The molecule has 0 fully saturated rings. The van der Waals surface area contributed by atoms with Crippen LogP contribution in [0.5, 0.6) is 0 Å². The molecule has 0 bridgehead atoms. The zero-order valence-corrected chi connectivity index (χ0v) is 7.52. The third-order valence-corrected chi connectivity index (χ3v) is 2.41. The molecule has 1 aliphatic heterocycles. The molecule has 0 amide bonds. The van der Waals surface area contributed by atoms with Gasteiger partial charge in [0.1, 0.15) is 0 Å².